The van der Waals surface area contributed by atoms with Crippen LogP contribution >= 0.6 is 11.3 Å². The lowest BCUT2D eigenvalue weighted by atomic mass is 10.1. The van der Waals surface area contributed by atoms with E-state index >= 15 is 0 Å². The van der Waals surface area contributed by atoms with Gasteiger partial charge in [-0.1, -0.05) is 6.92 Å². The predicted molar refractivity (Wildman–Crippen MR) is 75.3 cm³/mol. The lowest BCUT2D eigenvalue weighted by Gasteiger charge is -2.32. The molecule has 18 heavy (non-hydrogen) atoms. The standard InChI is InChI=1S/C13H23N3OS/c1-11(9-17)12-10-18-13(14-12)3-4-16-7-5-15(2)6-8-16/h10-11,17H,3-9H2,1-2H3. The first-order chi connectivity index (χ1) is 8.69. The van der Waals surface area contributed by atoms with Crippen molar-refractivity contribution in [1.29, 1.82) is 0 Å². The third-order valence-electron chi connectivity index (χ3n) is 3.59. The molecule has 2 rings (SSSR count). The third-order valence-corrected chi connectivity index (χ3v) is 4.51. The molecule has 5 heteroatoms. The molecule has 1 aliphatic heterocycles. The monoisotopic (exact) mass is 269 g/mol. The number of nitrogens with zero attached hydrogens (tertiary/aromatic N) is 3. The molecule has 1 fully saturated rings. The van der Waals surface area contributed by atoms with Crippen molar-refractivity contribution in [2.75, 3.05) is 46.4 Å². The van der Waals surface area contributed by atoms with E-state index < -0.39 is 0 Å². The van der Waals surface area contributed by atoms with Crippen LogP contribution in [0.1, 0.15) is 23.5 Å². The highest BCUT2D eigenvalue weighted by molar-refractivity contribution is 7.09. The molecule has 4 nitrogen and oxygen atoms in total. The molecule has 1 aromatic heterocycles. The van der Waals surface area contributed by atoms with Crippen LogP contribution in [0.4, 0.5) is 0 Å². The summed E-state index contributed by atoms with van der Waals surface area (Å²) in [5, 5.41) is 12.4. The molecular formula is C13H23N3OS. The van der Waals surface area contributed by atoms with Gasteiger partial charge in [0.2, 0.25) is 0 Å². The average Bonchev–Trinajstić information content (AvgIpc) is 2.86. The smallest absolute Gasteiger partial charge is 0.0941 e. The number of thiazole rings is 1. The Morgan fingerprint density at radius 3 is 2.78 bits per heavy atom. The number of aromatic nitrogens is 1. The molecule has 0 aromatic carbocycles. The summed E-state index contributed by atoms with van der Waals surface area (Å²) in [5.41, 5.74) is 1.04. The molecule has 1 aromatic rings. The van der Waals surface area contributed by atoms with Gasteiger partial charge in [0.25, 0.3) is 0 Å². The van der Waals surface area contributed by atoms with Crippen LogP contribution < -0.4 is 0 Å². The normalized spacial score (nSPS) is 20.2. The van der Waals surface area contributed by atoms with E-state index in [2.05, 4.69) is 27.2 Å². The molecule has 102 valence electrons. The van der Waals surface area contributed by atoms with Crippen molar-refractivity contribution in [2.24, 2.45) is 0 Å². The number of hydrogen-bond donors (Lipinski definition) is 1. The zero-order valence-electron chi connectivity index (χ0n) is 11.3. The van der Waals surface area contributed by atoms with Crippen LogP contribution in [0, 0.1) is 0 Å². The van der Waals surface area contributed by atoms with Gasteiger partial charge >= 0.3 is 0 Å². The number of piperazine rings is 1. The van der Waals surface area contributed by atoms with Crippen molar-refractivity contribution >= 4 is 11.3 Å². The van der Waals surface area contributed by atoms with E-state index in [-0.39, 0.29) is 12.5 Å². The fraction of sp³-hybridized carbons (Fsp3) is 0.769. The zero-order valence-corrected chi connectivity index (χ0v) is 12.1. The average molecular weight is 269 g/mol. The van der Waals surface area contributed by atoms with Crippen LogP contribution in [0.3, 0.4) is 0 Å². The first kappa shape index (κ1) is 13.9. The van der Waals surface area contributed by atoms with E-state index in [4.69, 9.17) is 5.11 Å². The van der Waals surface area contributed by atoms with Crippen molar-refractivity contribution in [2.45, 2.75) is 19.3 Å². The first-order valence-electron chi connectivity index (χ1n) is 6.65. The van der Waals surface area contributed by atoms with Crippen molar-refractivity contribution in [3.63, 3.8) is 0 Å². The van der Waals surface area contributed by atoms with E-state index in [1.54, 1.807) is 11.3 Å². The Labute approximate surface area is 113 Å². The van der Waals surface area contributed by atoms with Crippen molar-refractivity contribution < 1.29 is 5.11 Å². The topological polar surface area (TPSA) is 39.6 Å². The maximum absolute atomic E-state index is 9.11. The van der Waals surface area contributed by atoms with E-state index in [0.717, 1.165) is 18.7 Å². The highest BCUT2D eigenvalue weighted by atomic mass is 32.1. The molecule has 1 unspecified atom stereocenters. The SMILES string of the molecule is CC(CO)c1csc(CCN2CCN(C)CC2)n1. The highest BCUT2D eigenvalue weighted by Gasteiger charge is 2.14. The lowest BCUT2D eigenvalue weighted by Crippen LogP contribution is -2.45. The summed E-state index contributed by atoms with van der Waals surface area (Å²) in [4.78, 5) is 9.49. The minimum Gasteiger partial charge on any atom is -0.396 e. The second-order valence-corrected chi connectivity index (χ2v) is 6.09. The molecule has 0 amide bonds. The van der Waals surface area contributed by atoms with Crippen LogP contribution in [0.2, 0.25) is 0 Å². The largest absolute Gasteiger partial charge is 0.396 e. The third kappa shape index (κ3) is 3.75. The van der Waals surface area contributed by atoms with E-state index in [9.17, 15) is 0 Å². The minimum absolute atomic E-state index is 0.165. The van der Waals surface area contributed by atoms with E-state index in [1.165, 1.54) is 31.2 Å². The quantitative estimate of drug-likeness (QED) is 0.866. The van der Waals surface area contributed by atoms with Gasteiger partial charge in [-0.2, -0.15) is 0 Å². The van der Waals surface area contributed by atoms with Gasteiger partial charge in [-0.25, -0.2) is 4.98 Å². The van der Waals surface area contributed by atoms with Gasteiger partial charge in [-0.3, -0.25) is 0 Å². The number of rotatable bonds is 5. The van der Waals surface area contributed by atoms with Gasteiger partial charge in [0.15, 0.2) is 0 Å². The Kier molecular flexibility index (Phi) is 5.12. The summed E-state index contributed by atoms with van der Waals surface area (Å²) >= 11 is 1.72. The lowest BCUT2D eigenvalue weighted by molar-refractivity contribution is 0.155. The van der Waals surface area contributed by atoms with Crippen LogP contribution in [-0.2, 0) is 6.42 Å². The van der Waals surface area contributed by atoms with Crippen LogP contribution in [0.15, 0.2) is 5.38 Å². The fourth-order valence-corrected chi connectivity index (χ4v) is 2.99. The number of hydrogen-bond acceptors (Lipinski definition) is 5. The highest BCUT2D eigenvalue weighted by Crippen LogP contribution is 2.18. The molecule has 1 aliphatic rings. The molecule has 0 radical (unpaired) electrons. The van der Waals surface area contributed by atoms with E-state index in [0.29, 0.717) is 0 Å². The Bertz CT molecular complexity index is 361. The molecule has 0 saturated carbocycles. The minimum atomic E-state index is 0.165. The molecule has 1 atom stereocenters. The molecule has 0 spiro atoms. The predicted octanol–water partition coefficient (Wildman–Crippen LogP) is 1.03. The first-order valence-corrected chi connectivity index (χ1v) is 7.53. The van der Waals surface area contributed by atoms with Crippen molar-refractivity contribution in [3.8, 4) is 0 Å². The second-order valence-electron chi connectivity index (χ2n) is 5.14. The van der Waals surface area contributed by atoms with Gasteiger partial charge in [0, 0.05) is 50.4 Å². The molecule has 1 saturated heterocycles. The van der Waals surface area contributed by atoms with Crippen molar-refractivity contribution in [1.82, 2.24) is 14.8 Å². The number of likely N-dealkylation sites (N-methyl/N-ethyl adjacent to an activating group) is 1. The molecule has 2 heterocycles. The van der Waals surface area contributed by atoms with Crippen molar-refractivity contribution in [3.05, 3.63) is 16.1 Å². The Morgan fingerprint density at radius 2 is 2.11 bits per heavy atom. The summed E-state index contributed by atoms with van der Waals surface area (Å²) in [7, 11) is 2.18. The second kappa shape index (κ2) is 6.61. The van der Waals surface area contributed by atoms with Crippen LogP contribution in [0.5, 0.6) is 0 Å². The van der Waals surface area contributed by atoms with Gasteiger partial charge < -0.3 is 14.9 Å². The van der Waals surface area contributed by atoms with Crippen LogP contribution in [-0.4, -0.2) is 66.3 Å². The summed E-state index contributed by atoms with van der Waals surface area (Å²) < 4.78 is 0. The summed E-state index contributed by atoms with van der Waals surface area (Å²) in [5.74, 6) is 0.165. The van der Waals surface area contributed by atoms with Gasteiger partial charge in [0.1, 0.15) is 0 Å². The Hall–Kier alpha value is -0.490. The molecule has 0 bridgehead atoms. The Balaban J connectivity index is 1.78. The summed E-state index contributed by atoms with van der Waals surface area (Å²) in [6.45, 7) is 7.98. The fourth-order valence-electron chi connectivity index (χ4n) is 2.09. The number of aliphatic hydroxyl groups is 1. The summed E-state index contributed by atoms with van der Waals surface area (Å²) in [6, 6.07) is 0. The van der Waals surface area contributed by atoms with Gasteiger partial charge in [0.05, 0.1) is 17.3 Å². The Morgan fingerprint density at radius 1 is 1.39 bits per heavy atom. The summed E-state index contributed by atoms with van der Waals surface area (Å²) in [6.07, 6.45) is 1.03. The molecule has 0 aliphatic carbocycles. The van der Waals surface area contributed by atoms with Gasteiger partial charge in [-0.15, -0.1) is 11.3 Å². The maximum atomic E-state index is 9.11. The van der Waals surface area contributed by atoms with Crippen LogP contribution in [0.25, 0.3) is 0 Å². The molecular weight excluding hydrogens is 246 g/mol. The number of aliphatic hydroxyl groups excluding tert-OH is 1. The van der Waals surface area contributed by atoms with Gasteiger partial charge in [-0.05, 0) is 7.05 Å². The van der Waals surface area contributed by atoms with E-state index in [1.807, 2.05) is 6.92 Å². The molecule has 1 N–H and O–H groups in total. The maximum Gasteiger partial charge on any atom is 0.0941 e. The zero-order chi connectivity index (χ0) is 13.0.